The van der Waals surface area contributed by atoms with Crippen molar-refractivity contribution in [1.29, 1.82) is 0 Å². The second kappa shape index (κ2) is 4.46. The van der Waals surface area contributed by atoms with E-state index in [9.17, 15) is 0 Å². The zero-order valence-electron chi connectivity index (χ0n) is 6.58. The second-order valence-electron chi connectivity index (χ2n) is 2.20. The molecule has 0 atom stereocenters. The van der Waals surface area contributed by atoms with E-state index in [1.165, 1.54) is 5.56 Å². The first-order valence-electron chi connectivity index (χ1n) is 3.70. The minimum absolute atomic E-state index is 0.740. The third kappa shape index (κ3) is 2.27. The van der Waals surface area contributed by atoms with Gasteiger partial charge in [-0.1, -0.05) is 0 Å². The maximum absolute atomic E-state index is 5.42. The summed E-state index contributed by atoms with van der Waals surface area (Å²) < 4.78 is 5.42. The third-order valence-corrected chi connectivity index (χ3v) is 2.16. The van der Waals surface area contributed by atoms with Crippen molar-refractivity contribution in [2.24, 2.45) is 0 Å². The fourth-order valence-electron chi connectivity index (χ4n) is 0.931. The molecule has 58 valence electrons. The van der Waals surface area contributed by atoms with Crippen LogP contribution in [0.1, 0.15) is 12.5 Å². The molecule has 1 aromatic carbocycles. The number of ether oxygens (including phenoxy) is 1. The van der Waals surface area contributed by atoms with Gasteiger partial charge >= 0.3 is 75.9 Å². The molecule has 0 saturated heterocycles. The molecule has 0 unspecified atom stereocenters. The Morgan fingerprint density at radius 3 is 2.73 bits per heavy atom. The molecule has 0 N–H and O–H groups in total. The molecule has 0 spiro atoms. The summed E-state index contributed by atoms with van der Waals surface area (Å²) in [5.41, 5.74) is 1.26. The van der Waals surface area contributed by atoms with E-state index in [1.807, 2.05) is 25.1 Å². The zero-order valence-corrected chi connectivity index (χ0v) is 8.46. The number of benzene rings is 1. The van der Waals surface area contributed by atoms with Gasteiger partial charge in [-0.25, -0.2) is 0 Å². The summed E-state index contributed by atoms with van der Waals surface area (Å²) in [4.78, 5) is 0. The van der Waals surface area contributed by atoms with E-state index >= 15 is 0 Å². The molecule has 0 aliphatic carbocycles. The van der Waals surface area contributed by atoms with Crippen LogP contribution < -0.4 is 4.74 Å². The van der Waals surface area contributed by atoms with Crippen molar-refractivity contribution >= 4 is 16.9 Å². The molecule has 0 fully saturated rings. The first-order chi connectivity index (χ1) is 5.38. The first-order valence-corrected chi connectivity index (χ1v) is 5.02. The molecule has 0 saturated carbocycles. The van der Waals surface area contributed by atoms with Crippen LogP contribution in [0.25, 0.3) is 0 Å². The summed E-state index contributed by atoms with van der Waals surface area (Å²) >= 11 is 2.56. The van der Waals surface area contributed by atoms with E-state index in [2.05, 4.69) is 22.9 Å². The topological polar surface area (TPSA) is 9.23 Å². The van der Waals surface area contributed by atoms with Crippen LogP contribution in [0.2, 0.25) is 0 Å². The summed E-state index contributed by atoms with van der Waals surface area (Å²) in [7, 11) is 0. The second-order valence-corrected chi connectivity index (χ2v) is 2.86. The quantitative estimate of drug-likeness (QED) is 0.690. The van der Waals surface area contributed by atoms with Crippen LogP contribution in [-0.4, -0.2) is 23.5 Å². The average Bonchev–Trinajstić information content (AvgIpc) is 2.06. The molecule has 1 nitrogen and oxygen atoms in total. The Bertz CT molecular complexity index is 223. The SMILES string of the molecule is CCOc1ccccc1C[As]. The Labute approximate surface area is 76.3 Å². The number of rotatable bonds is 3. The van der Waals surface area contributed by atoms with Crippen molar-refractivity contribution in [1.82, 2.24) is 0 Å². The number of hydrogen-bond acceptors (Lipinski definition) is 1. The van der Waals surface area contributed by atoms with Gasteiger partial charge in [0.2, 0.25) is 0 Å². The van der Waals surface area contributed by atoms with Crippen molar-refractivity contribution < 1.29 is 4.74 Å². The van der Waals surface area contributed by atoms with Crippen molar-refractivity contribution in [2.75, 3.05) is 6.61 Å². The van der Waals surface area contributed by atoms with Crippen LogP contribution in [-0.2, 0) is 5.21 Å². The molecule has 0 aromatic heterocycles. The number of para-hydroxylation sites is 1. The molecule has 1 rings (SSSR count). The summed E-state index contributed by atoms with van der Waals surface area (Å²) in [6.45, 7) is 2.74. The van der Waals surface area contributed by atoms with Crippen LogP contribution in [0.5, 0.6) is 5.75 Å². The normalized spacial score (nSPS) is 9.64. The molecular weight excluding hydrogens is 199 g/mol. The van der Waals surface area contributed by atoms with E-state index in [0.29, 0.717) is 0 Å². The molecular formula is C9H11AsO. The molecule has 0 heterocycles. The molecule has 2 radical (unpaired) electrons. The van der Waals surface area contributed by atoms with E-state index in [4.69, 9.17) is 4.74 Å². The van der Waals surface area contributed by atoms with Crippen LogP contribution in [0.3, 0.4) is 0 Å². The molecule has 1 aromatic rings. The predicted octanol–water partition coefficient (Wildman–Crippen LogP) is 1.75. The maximum atomic E-state index is 5.42. The van der Waals surface area contributed by atoms with Crippen molar-refractivity contribution in [3.05, 3.63) is 29.8 Å². The summed E-state index contributed by atoms with van der Waals surface area (Å²) in [5.74, 6) is 1.01. The Balaban J connectivity index is 2.83. The summed E-state index contributed by atoms with van der Waals surface area (Å²) in [6, 6.07) is 8.12. The average molecular weight is 210 g/mol. The van der Waals surface area contributed by atoms with Crippen LogP contribution in [0.4, 0.5) is 0 Å². The van der Waals surface area contributed by atoms with Gasteiger partial charge in [0.25, 0.3) is 0 Å². The van der Waals surface area contributed by atoms with Gasteiger partial charge in [-0.2, -0.15) is 0 Å². The summed E-state index contributed by atoms with van der Waals surface area (Å²) in [6.07, 6.45) is 0. The van der Waals surface area contributed by atoms with Crippen molar-refractivity contribution in [3.8, 4) is 5.75 Å². The Morgan fingerprint density at radius 1 is 1.36 bits per heavy atom. The van der Waals surface area contributed by atoms with Gasteiger partial charge in [0, 0.05) is 0 Å². The van der Waals surface area contributed by atoms with E-state index in [0.717, 1.165) is 17.6 Å². The monoisotopic (exact) mass is 210 g/mol. The van der Waals surface area contributed by atoms with Crippen LogP contribution >= 0.6 is 0 Å². The van der Waals surface area contributed by atoms with Gasteiger partial charge in [-0.05, 0) is 0 Å². The van der Waals surface area contributed by atoms with Crippen LogP contribution in [0, 0.1) is 0 Å². The molecule has 2 heteroatoms. The molecule has 0 bridgehead atoms. The van der Waals surface area contributed by atoms with E-state index in [-0.39, 0.29) is 0 Å². The Kier molecular flexibility index (Phi) is 3.51. The van der Waals surface area contributed by atoms with Gasteiger partial charge in [0.15, 0.2) is 0 Å². The molecule has 0 aliphatic rings. The van der Waals surface area contributed by atoms with Crippen molar-refractivity contribution in [2.45, 2.75) is 12.1 Å². The van der Waals surface area contributed by atoms with E-state index in [1.54, 1.807) is 0 Å². The van der Waals surface area contributed by atoms with Crippen LogP contribution in [0.15, 0.2) is 24.3 Å². The third-order valence-electron chi connectivity index (χ3n) is 1.44. The fraction of sp³-hybridized carbons (Fsp3) is 0.333. The predicted molar refractivity (Wildman–Crippen MR) is 47.1 cm³/mol. The van der Waals surface area contributed by atoms with Gasteiger partial charge in [0.05, 0.1) is 0 Å². The van der Waals surface area contributed by atoms with Gasteiger partial charge < -0.3 is 0 Å². The molecule has 11 heavy (non-hydrogen) atoms. The van der Waals surface area contributed by atoms with E-state index < -0.39 is 0 Å². The standard InChI is InChI=1S/C9H11AsO/c1-2-11-9-6-4-3-5-8(9)7-10/h3-6H,2,7H2,1H3. The molecule has 0 amide bonds. The minimum atomic E-state index is 0.740. The Morgan fingerprint density at radius 2 is 2.09 bits per heavy atom. The fourth-order valence-corrected chi connectivity index (χ4v) is 1.48. The van der Waals surface area contributed by atoms with Crippen molar-refractivity contribution in [3.63, 3.8) is 0 Å². The first kappa shape index (κ1) is 8.67. The van der Waals surface area contributed by atoms with Gasteiger partial charge in [-0.15, -0.1) is 0 Å². The zero-order chi connectivity index (χ0) is 8.10. The number of hydrogen-bond donors (Lipinski definition) is 0. The molecule has 0 aliphatic heterocycles. The summed E-state index contributed by atoms with van der Waals surface area (Å²) in [5, 5.41) is 0.975. The van der Waals surface area contributed by atoms with Gasteiger partial charge in [-0.3, -0.25) is 0 Å². The Hall–Kier alpha value is -0.422. The van der Waals surface area contributed by atoms with Gasteiger partial charge in [0.1, 0.15) is 0 Å².